The van der Waals surface area contributed by atoms with Gasteiger partial charge in [-0.05, 0) is 30.7 Å². The molecule has 0 bridgehead atoms. The van der Waals surface area contributed by atoms with Crippen molar-refractivity contribution in [3.05, 3.63) is 64.1 Å². The van der Waals surface area contributed by atoms with Crippen molar-refractivity contribution in [2.45, 2.75) is 19.5 Å². The fourth-order valence-electron chi connectivity index (χ4n) is 2.59. The first-order chi connectivity index (χ1) is 12.0. The largest absolute Gasteiger partial charge is 0.338 e. The van der Waals surface area contributed by atoms with Crippen molar-refractivity contribution in [2.75, 3.05) is 13.6 Å². The molecule has 3 rings (SSSR count). The van der Waals surface area contributed by atoms with Gasteiger partial charge in [-0.25, -0.2) is 4.98 Å². The summed E-state index contributed by atoms with van der Waals surface area (Å²) >= 11 is 7.82. The van der Waals surface area contributed by atoms with E-state index >= 15 is 0 Å². The summed E-state index contributed by atoms with van der Waals surface area (Å²) in [6.45, 7) is 2.77. The van der Waals surface area contributed by atoms with Crippen molar-refractivity contribution in [3.8, 4) is 0 Å². The molecule has 0 saturated heterocycles. The fourth-order valence-corrected chi connectivity index (χ4v) is 3.91. The van der Waals surface area contributed by atoms with Crippen LogP contribution in [-0.4, -0.2) is 29.4 Å². The van der Waals surface area contributed by atoms with Crippen LogP contribution in [0.5, 0.6) is 0 Å². The summed E-state index contributed by atoms with van der Waals surface area (Å²) in [6, 6.07) is 15.7. The number of carbonyl (C=O) groups is 1. The number of hydrogen-bond acceptors (Lipinski definition) is 4. The van der Waals surface area contributed by atoms with Crippen LogP contribution < -0.4 is 5.32 Å². The average molecular weight is 374 g/mol. The number of rotatable bonds is 6. The van der Waals surface area contributed by atoms with Crippen LogP contribution in [0.15, 0.2) is 48.5 Å². The number of carbonyl (C=O) groups excluding carboxylic acids is 1. The molecular formula is C19H20ClN3OS. The van der Waals surface area contributed by atoms with Gasteiger partial charge in [0.1, 0.15) is 5.01 Å². The summed E-state index contributed by atoms with van der Waals surface area (Å²) in [7, 11) is 1.80. The molecule has 1 aromatic heterocycles. The molecule has 1 N–H and O–H groups in total. The maximum absolute atomic E-state index is 12.4. The van der Waals surface area contributed by atoms with Crippen LogP contribution in [0.25, 0.3) is 10.2 Å². The highest BCUT2D eigenvalue weighted by Crippen LogP contribution is 2.23. The number of para-hydroxylation sites is 1. The quantitative estimate of drug-likeness (QED) is 0.702. The zero-order valence-electron chi connectivity index (χ0n) is 14.2. The number of hydrogen-bond donors (Lipinski definition) is 1. The molecule has 6 heteroatoms. The van der Waals surface area contributed by atoms with Crippen molar-refractivity contribution >= 4 is 39.1 Å². The molecule has 130 valence electrons. The monoisotopic (exact) mass is 373 g/mol. The zero-order valence-corrected chi connectivity index (χ0v) is 15.8. The molecule has 0 saturated carbocycles. The highest BCUT2D eigenvalue weighted by molar-refractivity contribution is 7.18. The summed E-state index contributed by atoms with van der Waals surface area (Å²) in [4.78, 5) is 18.7. The number of nitrogens with one attached hydrogen (secondary N) is 1. The molecular weight excluding hydrogens is 354 g/mol. The topological polar surface area (TPSA) is 45.2 Å². The number of thiazole rings is 1. The minimum atomic E-state index is 0.00787. The van der Waals surface area contributed by atoms with Crippen LogP contribution in [0.4, 0.5) is 0 Å². The van der Waals surface area contributed by atoms with Gasteiger partial charge in [0, 0.05) is 18.1 Å². The first kappa shape index (κ1) is 17.9. The van der Waals surface area contributed by atoms with Crippen molar-refractivity contribution in [3.63, 3.8) is 0 Å². The average Bonchev–Trinajstić information content (AvgIpc) is 3.01. The predicted octanol–water partition coefficient (Wildman–Crippen LogP) is 4.26. The second-order valence-electron chi connectivity index (χ2n) is 5.95. The van der Waals surface area contributed by atoms with E-state index in [1.54, 1.807) is 23.3 Å². The van der Waals surface area contributed by atoms with Crippen molar-refractivity contribution in [1.82, 2.24) is 15.2 Å². The second kappa shape index (κ2) is 7.95. The SMILES string of the molecule is C[C@@H](NCC(=O)N(C)Cc1nc2ccccc2s1)c1ccccc1Cl. The number of fused-ring (bicyclic) bond motifs is 1. The van der Waals surface area contributed by atoms with Crippen molar-refractivity contribution < 1.29 is 4.79 Å². The number of nitrogens with zero attached hydrogens (tertiary/aromatic N) is 2. The molecule has 0 aliphatic carbocycles. The van der Waals surface area contributed by atoms with Gasteiger partial charge in [0.2, 0.25) is 5.91 Å². The second-order valence-corrected chi connectivity index (χ2v) is 7.47. The third-order valence-electron chi connectivity index (χ3n) is 4.07. The van der Waals surface area contributed by atoms with Crippen LogP contribution >= 0.6 is 22.9 Å². The van der Waals surface area contributed by atoms with Crippen LogP contribution in [0.2, 0.25) is 5.02 Å². The zero-order chi connectivity index (χ0) is 17.8. The van der Waals surface area contributed by atoms with E-state index in [-0.39, 0.29) is 18.5 Å². The predicted molar refractivity (Wildman–Crippen MR) is 104 cm³/mol. The Hall–Kier alpha value is -1.95. The first-order valence-corrected chi connectivity index (χ1v) is 9.30. The third-order valence-corrected chi connectivity index (χ3v) is 5.43. The minimum Gasteiger partial charge on any atom is -0.338 e. The lowest BCUT2D eigenvalue weighted by atomic mass is 10.1. The Morgan fingerprint density at radius 2 is 1.96 bits per heavy atom. The van der Waals surface area contributed by atoms with E-state index in [1.807, 2.05) is 55.5 Å². The Kier molecular flexibility index (Phi) is 5.68. The Bertz CT molecular complexity index is 847. The van der Waals surface area contributed by atoms with Crippen molar-refractivity contribution in [2.24, 2.45) is 0 Å². The number of aromatic nitrogens is 1. The lowest BCUT2D eigenvalue weighted by Gasteiger charge is -2.19. The molecule has 0 aliphatic heterocycles. The van der Waals surface area contributed by atoms with E-state index in [0.29, 0.717) is 11.6 Å². The summed E-state index contributed by atoms with van der Waals surface area (Å²) in [5, 5.41) is 4.89. The van der Waals surface area contributed by atoms with Crippen molar-refractivity contribution in [1.29, 1.82) is 0 Å². The van der Waals surface area contributed by atoms with Crippen LogP contribution in [0.1, 0.15) is 23.5 Å². The Balaban J connectivity index is 1.56. The number of likely N-dealkylation sites (N-methyl/N-ethyl adjacent to an activating group) is 1. The van der Waals surface area contributed by atoms with Gasteiger partial charge in [0.05, 0.1) is 23.3 Å². The molecule has 1 atom stereocenters. The van der Waals surface area contributed by atoms with E-state index in [4.69, 9.17) is 11.6 Å². The molecule has 0 spiro atoms. The first-order valence-electron chi connectivity index (χ1n) is 8.11. The highest BCUT2D eigenvalue weighted by Gasteiger charge is 2.15. The van der Waals surface area contributed by atoms with Gasteiger partial charge in [-0.15, -0.1) is 11.3 Å². The van der Waals surface area contributed by atoms with E-state index in [1.165, 1.54) is 0 Å². The molecule has 0 fully saturated rings. The number of benzene rings is 2. The lowest BCUT2D eigenvalue weighted by Crippen LogP contribution is -2.36. The molecule has 0 radical (unpaired) electrons. The summed E-state index contributed by atoms with van der Waals surface area (Å²) in [5.74, 6) is 0.0261. The molecule has 4 nitrogen and oxygen atoms in total. The molecule has 0 unspecified atom stereocenters. The highest BCUT2D eigenvalue weighted by atomic mass is 35.5. The smallest absolute Gasteiger partial charge is 0.236 e. The van der Waals surface area contributed by atoms with Crippen LogP contribution in [-0.2, 0) is 11.3 Å². The lowest BCUT2D eigenvalue weighted by molar-refractivity contribution is -0.129. The Labute approximate surface area is 156 Å². The summed E-state index contributed by atoms with van der Waals surface area (Å²) < 4.78 is 1.14. The summed E-state index contributed by atoms with van der Waals surface area (Å²) in [6.07, 6.45) is 0. The molecule has 3 aromatic rings. The molecule has 1 amide bonds. The van der Waals surface area contributed by atoms with Gasteiger partial charge in [-0.1, -0.05) is 41.9 Å². The number of amides is 1. The normalized spacial score (nSPS) is 12.3. The van der Waals surface area contributed by atoms with Gasteiger partial charge in [0.25, 0.3) is 0 Å². The van der Waals surface area contributed by atoms with Gasteiger partial charge in [-0.3, -0.25) is 4.79 Å². The Morgan fingerprint density at radius 1 is 1.24 bits per heavy atom. The summed E-state index contributed by atoms with van der Waals surface area (Å²) in [5.41, 5.74) is 1.97. The minimum absolute atomic E-state index is 0.00787. The van der Waals surface area contributed by atoms with Gasteiger partial charge in [-0.2, -0.15) is 0 Å². The molecule has 0 aliphatic rings. The molecule has 2 aromatic carbocycles. The Morgan fingerprint density at radius 3 is 2.72 bits per heavy atom. The molecule has 1 heterocycles. The van der Waals surface area contributed by atoms with Crippen LogP contribution in [0, 0.1) is 0 Å². The fraction of sp³-hybridized carbons (Fsp3) is 0.263. The van der Waals surface area contributed by atoms with Gasteiger partial charge >= 0.3 is 0 Å². The van der Waals surface area contributed by atoms with Gasteiger partial charge < -0.3 is 10.2 Å². The van der Waals surface area contributed by atoms with E-state index in [9.17, 15) is 4.79 Å². The van der Waals surface area contributed by atoms with E-state index in [0.717, 1.165) is 20.8 Å². The maximum atomic E-state index is 12.4. The number of halogens is 1. The van der Waals surface area contributed by atoms with Crippen LogP contribution in [0.3, 0.4) is 0 Å². The van der Waals surface area contributed by atoms with E-state index < -0.39 is 0 Å². The maximum Gasteiger partial charge on any atom is 0.236 e. The van der Waals surface area contributed by atoms with Gasteiger partial charge in [0.15, 0.2) is 0 Å². The standard InChI is InChI=1S/C19H20ClN3OS/c1-13(14-7-3-4-8-15(14)20)21-11-19(24)23(2)12-18-22-16-9-5-6-10-17(16)25-18/h3-10,13,21H,11-12H2,1-2H3/t13-/m1/s1. The van der Waals surface area contributed by atoms with E-state index in [2.05, 4.69) is 10.3 Å². The molecule has 25 heavy (non-hydrogen) atoms. The third kappa shape index (κ3) is 4.37.